The number of halogens is 1. The lowest BCUT2D eigenvalue weighted by atomic mass is 9.83. The lowest BCUT2D eigenvalue weighted by molar-refractivity contribution is -0.149. The van der Waals surface area contributed by atoms with Crippen LogP contribution in [0.15, 0.2) is 24.3 Å². The van der Waals surface area contributed by atoms with Crippen LogP contribution >= 0.6 is 0 Å². The van der Waals surface area contributed by atoms with E-state index in [0.29, 0.717) is 31.7 Å². The van der Waals surface area contributed by atoms with Crippen molar-refractivity contribution < 1.29 is 14.3 Å². The fourth-order valence-electron chi connectivity index (χ4n) is 4.70. The molecule has 24 heavy (non-hydrogen) atoms. The number of amides is 1. The number of carbonyl (C=O) groups excluding carboxylic acids is 1. The highest BCUT2D eigenvalue weighted by Crippen LogP contribution is 2.39. The summed E-state index contributed by atoms with van der Waals surface area (Å²) in [5.41, 5.74) is 0.627. The molecule has 1 N–H and O–H groups in total. The third-order valence-corrected chi connectivity index (χ3v) is 5.75. The first-order chi connectivity index (χ1) is 11.5. The minimum Gasteiger partial charge on any atom is -0.392 e. The van der Waals surface area contributed by atoms with Gasteiger partial charge in [-0.25, -0.2) is 4.39 Å². The van der Waals surface area contributed by atoms with Gasteiger partial charge in [0.2, 0.25) is 5.91 Å². The largest absolute Gasteiger partial charge is 0.392 e. The molecule has 3 heterocycles. The van der Waals surface area contributed by atoms with Gasteiger partial charge in [0, 0.05) is 57.8 Å². The van der Waals surface area contributed by atoms with Gasteiger partial charge in [0.15, 0.2) is 0 Å². The minimum absolute atomic E-state index is 0.0860. The van der Waals surface area contributed by atoms with Crippen molar-refractivity contribution in [1.29, 1.82) is 0 Å². The molecule has 3 saturated heterocycles. The molecule has 4 rings (SSSR count). The minimum atomic E-state index is -0.306. The molecule has 0 unspecified atom stereocenters. The number of aliphatic hydroxyl groups excluding tert-OH is 1. The number of hydrogen-bond acceptors (Lipinski definition) is 4. The third kappa shape index (κ3) is 2.62. The molecular formula is C18H24FN3O2. The normalized spacial score (nSPS) is 29.5. The Morgan fingerprint density at radius 3 is 2.75 bits per heavy atom. The summed E-state index contributed by atoms with van der Waals surface area (Å²) in [6, 6.07) is 7.13. The Kier molecular flexibility index (Phi) is 3.86. The van der Waals surface area contributed by atoms with E-state index in [2.05, 4.69) is 9.80 Å². The molecule has 1 amide bonds. The number of fused-ring (bicyclic) bond motifs is 2. The highest BCUT2D eigenvalue weighted by Gasteiger charge is 2.56. The van der Waals surface area contributed by atoms with Crippen molar-refractivity contribution in [3.8, 4) is 0 Å². The summed E-state index contributed by atoms with van der Waals surface area (Å²) < 4.78 is 13.9. The van der Waals surface area contributed by atoms with Gasteiger partial charge in [-0.05, 0) is 12.5 Å². The van der Waals surface area contributed by atoms with Crippen molar-refractivity contribution in [3.05, 3.63) is 35.6 Å². The first-order valence-electron chi connectivity index (χ1n) is 8.63. The standard InChI is InChI=1S/C18H24FN3O2/c1-13(23)21-8-15-6-16(24)9-22(15)18(12-21)10-20(11-18)7-14-4-2-3-5-17(14)19/h2-5,15-16,24H,6-12H2,1H3/t15-,16+/m0/s1. The Morgan fingerprint density at radius 2 is 2.04 bits per heavy atom. The Labute approximate surface area is 141 Å². The average molecular weight is 333 g/mol. The Morgan fingerprint density at radius 1 is 1.29 bits per heavy atom. The van der Waals surface area contributed by atoms with Crippen LogP contribution in [0, 0.1) is 5.82 Å². The number of rotatable bonds is 2. The second-order valence-corrected chi connectivity index (χ2v) is 7.56. The van der Waals surface area contributed by atoms with E-state index in [0.717, 1.165) is 19.5 Å². The third-order valence-electron chi connectivity index (χ3n) is 5.75. The van der Waals surface area contributed by atoms with E-state index >= 15 is 0 Å². The molecule has 2 atom stereocenters. The average Bonchev–Trinajstić information content (AvgIpc) is 2.88. The van der Waals surface area contributed by atoms with Crippen LogP contribution in [0.5, 0.6) is 0 Å². The van der Waals surface area contributed by atoms with Crippen LogP contribution in [0.4, 0.5) is 4.39 Å². The van der Waals surface area contributed by atoms with Crippen molar-refractivity contribution in [2.24, 2.45) is 0 Å². The van der Waals surface area contributed by atoms with Gasteiger partial charge < -0.3 is 10.0 Å². The smallest absolute Gasteiger partial charge is 0.219 e. The van der Waals surface area contributed by atoms with E-state index in [-0.39, 0.29) is 29.4 Å². The van der Waals surface area contributed by atoms with Crippen molar-refractivity contribution in [2.75, 3.05) is 32.7 Å². The van der Waals surface area contributed by atoms with Gasteiger partial charge in [-0.2, -0.15) is 0 Å². The lowest BCUT2D eigenvalue weighted by Gasteiger charge is -2.61. The van der Waals surface area contributed by atoms with E-state index in [9.17, 15) is 14.3 Å². The Bertz CT molecular complexity index is 647. The molecule has 130 valence electrons. The van der Waals surface area contributed by atoms with Gasteiger partial charge in [-0.3, -0.25) is 14.6 Å². The first-order valence-corrected chi connectivity index (χ1v) is 8.63. The summed E-state index contributed by atoms with van der Waals surface area (Å²) in [6.45, 7) is 5.94. The Balaban J connectivity index is 1.48. The quantitative estimate of drug-likeness (QED) is 0.865. The maximum atomic E-state index is 13.9. The SMILES string of the molecule is CC(=O)N1C[C@@H]2C[C@@H](O)CN2C2(CN(Cc3ccccc3F)C2)C1. The molecule has 0 aliphatic carbocycles. The van der Waals surface area contributed by atoms with Crippen molar-refractivity contribution >= 4 is 5.91 Å². The molecule has 0 saturated carbocycles. The monoisotopic (exact) mass is 333 g/mol. The number of nitrogens with zero attached hydrogens (tertiary/aromatic N) is 3. The zero-order valence-corrected chi connectivity index (χ0v) is 14.0. The van der Waals surface area contributed by atoms with Crippen molar-refractivity contribution in [2.45, 2.75) is 37.6 Å². The fourth-order valence-corrected chi connectivity index (χ4v) is 4.70. The number of carbonyl (C=O) groups is 1. The highest BCUT2D eigenvalue weighted by molar-refractivity contribution is 5.73. The molecule has 0 aromatic heterocycles. The van der Waals surface area contributed by atoms with E-state index in [1.807, 2.05) is 17.0 Å². The van der Waals surface area contributed by atoms with Crippen LogP contribution < -0.4 is 0 Å². The topological polar surface area (TPSA) is 47.0 Å². The second kappa shape index (κ2) is 5.79. The van der Waals surface area contributed by atoms with E-state index in [4.69, 9.17) is 0 Å². The van der Waals surface area contributed by atoms with Crippen LogP contribution in [-0.2, 0) is 11.3 Å². The van der Waals surface area contributed by atoms with Gasteiger partial charge in [0.05, 0.1) is 11.6 Å². The first kappa shape index (κ1) is 16.0. The van der Waals surface area contributed by atoms with Gasteiger partial charge in [-0.1, -0.05) is 18.2 Å². The molecule has 3 fully saturated rings. The molecule has 1 aromatic carbocycles. The number of hydrogen-bond donors (Lipinski definition) is 1. The molecule has 3 aliphatic rings. The van der Waals surface area contributed by atoms with Crippen LogP contribution in [0.25, 0.3) is 0 Å². The maximum absolute atomic E-state index is 13.9. The predicted octanol–water partition coefficient (Wildman–Crippen LogP) is 0.677. The summed E-state index contributed by atoms with van der Waals surface area (Å²) in [7, 11) is 0. The van der Waals surface area contributed by atoms with Crippen molar-refractivity contribution in [1.82, 2.24) is 14.7 Å². The molecule has 3 aliphatic heterocycles. The van der Waals surface area contributed by atoms with Gasteiger partial charge in [-0.15, -0.1) is 0 Å². The lowest BCUT2D eigenvalue weighted by Crippen LogP contribution is -2.78. The fraction of sp³-hybridized carbons (Fsp3) is 0.611. The molecule has 1 spiro atoms. The summed E-state index contributed by atoms with van der Waals surface area (Å²) in [5.74, 6) is -0.0649. The van der Waals surface area contributed by atoms with E-state index < -0.39 is 0 Å². The molecule has 0 bridgehead atoms. The van der Waals surface area contributed by atoms with Crippen molar-refractivity contribution in [3.63, 3.8) is 0 Å². The molecular weight excluding hydrogens is 309 g/mol. The van der Waals surface area contributed by atoms with Crippen LogP contribution in [-0.4, -0.2) is 76.1 Å². The second-order valence-electron chi connectivity index (χ2n) is 7.56. The highest BCUT2D eigenvalue weighted by atomic mass is 19.1. The Hall–Kier alpha value is -1.50. The van der Waals surface area contributed by atoms with Crippen LogP contribution in [0.1, 0.15) is 18.9 Å². The summed E-state index contributed by atoms with van der Waals surface area (Å²) in [5, 5.41) is 10.1. The number of benzene rings is 1. The zero-order valence-electron chi connectivity index (χ0n) is 14.0. The molecule has 1 aromatic rings. The number of likely N-dealkylation sites (tertiary alicyclic amines) is 1. The molecule has 0 radical (unpaired) electrons. The summed E-state index contributed by atoms with van der Waals surface area (Å²) in [6.07, 6.45) is 0.429. The van der Waals surface area contributed by atoms with Crippen LogP contribution in [0.2, 0.25) is 0 Å². The summed E-state index contributed by atoms with van der Waals surface area (Å²) >= 11 is 0. The van der Waals surface area contributed by atoms with Gasteiger partial charge >= 0.3 is 0 Å². The number of aliphatic hydroxyl groups is 1. The summed E-state index contributed by atoms with van der Waals surface area (Å²) in [4.78, 5) is 18.4. The number of β-amino-alcohol motifs (C(OH)–C–C–N with tert-alkyl or cyclic N) is 1. The van der Waals surface area contributed by atoms with Gasteiger partial charge in [0.25, 0.3) is 0 Å². The zero-order chi connectivity index (χ0) is 16.9. The van der Waals surface area contributed by atoms with E-state index in [1.165, 1.54) is 6.07 Å². The molecule has 5 nitrogen and oxygen atoms in total. The van der Waals surface area contributed by atoms with E-state index in [1.54, 1.807) is 13.0 Å². The van der Waals surface area contributed by atoms with Crippen LogP contribution in [0.3, 0.4) is 0 Å². The number of piperazine rings is 1. The maximum Gasteiger partial charge on any atom is 0.219 e. The molecule has 6 heteroatoms. The van der Waals surface area contributed by atoms with Gasteiger partial charge in [0.1, 0.15) is 5.82 Å². The predicted molar refractivity (Wildman–Crippen MR) is 87.8 cm³/mol.